The number of carboxylic acid groups (broad SMARTS) is 1. The molecule has 0 atom stereocenters. The van der Waals surface area contributed by atoms with Gasteiger partial charge in [-0.25, -0.2) is 4.98 Å². The minimum Gasteiger partial charge on any atom is -0.497 e. The molecule has 0 amide bonds. The van der Waals surface area contributed by atoms with E-state index in [4.69, 9.17) is 24.8 Å². The van der Waals surface area contributed by atoms with Crippen LogP contribution in [0, 0.1) is 0 Å². The van der Waals surface area contributed by atoms with Gasteiger partial charge in [0, 0.05) is 36.5 Å². The van der Waals surface area contributed by atoms with Crippen molar-refractivity contribution >= 4 is 23.3 Å². The average Bonchev–Trinajstić information content (AvgIpc) is 3.29. The zero-order valence-corrected chi connectivity index (χ0v) is 15.8. The number of ether oxygens (including phenoxy) is 1. The van der Waals surface area contributed by atoms with Crippen molar-refractivity contribution in [2.45, 2.75) is 19.9 Å². The summed E-state index contributed by atoms with van der Waals surface area (Å²) in [6.07, 6.45) is 2.42. The van der Waals surface area contributed by atoms with Gasteiger partial charge in [0.2, 0.25) is 5.89 Å². The van der Waals surface area contributed by atoms with Gasteiger partial charge >= 0.3 is 6.01 Å². The lowest BCUT2D eigenvalue weighted by molar-refractivity contribution is -0.134. The molecule has 0 saturated carbocycles. The molecule has 0 aliphatic rings. The molecule has 0 radical (unpaired) electrons. The van der Waals surface area contributed by atoms with E-state index < -0.39 is 5.97 Å². The van der Waals surface area contributed by atoms with Gasteiger partial charge in [-0.1, -0.05) is 17.2 Å². The van der Waals surface area contributed by atoms with E-state index in [0.29, 0.717) is 31.4 Å². The number of carboxylic acids is 1. The van der Waals surface area contributed by atoms with Gasteiger partial charge in [0.15, 0.2) is 0 Å². The first-order chi connectivity index (χ1) is 13.0. The fourth-order valence-corrected chi connectivity index (χ4v) is 2.84. The molecule has 9 nitrogen and oxygen atoms in total. The number of hydrogen-bond acceptors (Lipinski definition) is 9. The quantitative estimate of drug-likeness (QED) is 0.554. The topological polar surface area (TPSA) is 136 Å². The smallest absolute Gasteiger partial charge is 0.315 e. The van der Waals surface area contributed by atoms with Crippen molar-refractivity contribution < 1.29 is 19.1 Å². The van der Waals surface area contributed by atoms with Gasteiger partial charge < -0.3 is 25.3 Å². The van der Waals surface area contributed by atoms with Crippen molar-refractivity contribution in [3.8, 4) is 16.3 Å². The fraction of sp³-hybridized carbons (Fsp3) is 0.294. The third-order valence-corrected chi connectivity index (χ3v) is 4.16. The first-order valence-corrected chi connectivity index (χ1v) is 8.88. The number of benzene rings is 1. The number of hydrogen-bond donors (Lipinski definition) is 3. The molecule has 1 aromatic carbocycles. The Kier molecular flexibility index (Phi) is 7.71. The Balaban J connectivity index is 0.000000596. The Labute approximate surface area is 160 Å². The Bertz CT molecular complexity index is 860. The minimum absolute atomic E-state index is 0.393. The molecule has 2 heterocycles. The summed E-state index contributed by atoms with van der Waals surface area (Å²) < 4.78 is 10.7. The summed E-state index contributed by atoms with van der Waals surface area (Å²) in [6.45, 7) is 2.15. The number of nitrogens with zero attached hydrogens (tertiary/aromatic N) is 3. The first kappa shape index (κ1) is 20.3. The summed E-state index contributed by atoms with van der Waals surface area (Å²) in [5.41, 5.74) is 6.48. The second-order valence-corrected chi connectivity index (χ2v) is 6.39. The van der Waals surface area contributed by atoms with E-state index >= 15 is 0 Å². The number of thiazole rings is 1. The Morgan fingerprint density at radius 2 is 2.19 bits per heavy atom. The molecule has 0 bridgehead atoms. The molecule has 0 aliphatic heterocycles. The van der Waals surface area contributed by atoms with Crippen LogP contribution in [0.5, 0.6) is 5.75 Å². The van der Waals surface area contributed by atoms with Crippen LogP contribution >= 0.6 is 11.3 Å². The van der Waals surface area contributed by atoms with E-state index in [-0.39, 0.29) is 0 Å². The van der Waals surface area contributed by atoms with Crippen LogP contribution in [-0.4, -0.2) is 39.9 Å². The molecule has 10 heteroatoms. The monoisotopic (exact) mass is 391 g/mol. The Morgan fingerprint density at radius 1 is 1.41 bits per heavy atom. The van der Waals surface area contributed by atoms with Crippen molar-refractivity contribution in [2.75, 3.05) is 19.0 Å². The number of aromatic nitrogens is 3. The zero-order valence-electron chi connectivity index (χ0n) is 15.0. The molecular formula is C17H21N5O4S. The van der Waals surface area contributed by atoms with Crippen molar-refractivity contribution in [2.24, 2.45) is 5.73 Å². The number of methoxy groups -OCH3 is 1. The number of nitrogens with one attached hydrogen (secondary N) is 1. The molecule has 0 unspecified atom stereocenters. The molecule has 4 N–H and O–H groups in total. The lowest BCUT2D eigenvalue weighted by Crippen LogP contribution is -2.02. The maximum absolute atomic E-state index is 9.00. The normalized spacial score (nSPS) is 10.0. The SMILES string of the molecule is CC(=O)O.COc1cccc(-c2ncc(CNc3nnc(CCN)o3)s2)c1. The van der Waals surface area contributed by atoms with E-state index in [2.05, 4.69) is 20.5 Å². The molecule has 27 heavy (non-hydrogen) atoms. The highest BCUT2D eigenvalue weighted by atomic mass is 32.1. The van der Waals surface area contributed by atoms with Crippen LogP contribution in [0.4, 0.5) is 6.01 Å². The molecule has 3 rings (SSSR count). The molecule has 144 valence electrons. The maximum atomic E-state index is 9.00. The van der Waals surface area contributed by atoms with Crippen LogP contribution in [0.2, 0.25) is 0 Å². The number of carbonyl (C=O) groups is 1. The van der Waals surface area contributed by atoms with E-state index in [1.807, 2.05) is 30.5 Å². The highest BCUT2D eigenvalue weighted by Crippen LogP contribution is 2.28. The van der Waals surface area contributed by atoms with Gasteiger partial charge in [-0.2, -0.15) is 0 Å². The number of aliphatic carboxylic acids is 1. The molecule has 0 aliphatic carbocycles. The highest BCUT2D eigenvalue weighted by molar-refractivity contribution is 7.15. The third-order valence-electron chi connectivity index (χ3n) is 3.11. The van der Waals surface area contributed by atoms with Crippen LogP contribution in [0.3, 0.4) is 0 Å². The van der Waals surface area contributed by atoms with Crippen LogP contribution in [0.25, 0.3) is 10.6 Å². The van der Waals surface area contributed by atoms with Crippen LogP contribution in [0.1, 0.15) is 17.7 Å². The molecular weight excluding hydrogens is 370 g/mol. The van der Waals surface area contributed by atoms with Gasteiger partial charge in [0.05, 0.1) is 13.7 Å². The van der Waals surface area contributed by atoms with Crippen LogP contribution in [0.15, 0.2) is 34.9 Å². The average molecular weight is 391 g/mol. The lowest BCUT2D eigenvalue weighted by Gasteiger charge is -2.01. The largest absolute Gasteiger partial charge is 0.497 e. The van der Waals surface area contributed by atoms with E-state index in [9.17, 15) is 0 Å². The minimum atomic E-state index is -0.833. The van der Waals surface area contributed by atoms with Crippen molar-refractivity contribution in [1.82, 2.24) is 15.2 Å². The second kappa shape index (κ2) is 10.2. The predicted molar refractivity (Wildman–Crippen MR) is 102 cm³/mol. The second-order valence-electron chi connectivity index (χ2n) is 5.28. The van der Waals surface area contributed by atoms with Crippen molar-refractivity contribution in [3.05, 3.63) is 41.2 Å². The summed E-state index contributed by atoms with van der Waals surface area (Å²) in [5.74, 6) is 0.520. The van der Waals surface area contributed by atoms with Gasteiger partial charge in [0.25, 0.3) is 5.97 Å². The molecule has 0 saturated heterocycles. The number of anilines is 1. The summed E-state index contributed by atoms with van der Waals surface area (Å²) >= 11 is 1.60. The predicted octanol–water partition coefficient (Wildman–Crippen LogP) is 2.41. The summed E-state index contributed by atoms with van der Waals surface area (Å²) in [5, 5.41) is 19.3. The maximum Gasteiger partial charge on any atom is 0.315 e. The molecule has 3 aromatic rings. The third kappa shape index (κ3) is 6.68. The zero-order chi connectivity index (χ0) is 19.6. The van der Waals surface area contributed by atoms with E-state index in [1.165, 1.54) is 0 Å². The van der Waals surface area contributed by atoms with Crippen LogP contribution < -0.4 is 15.8 Å². The summed E-state index contributed by atoms with van der Waals surface area (Å²) in [7, 11) is 1.65. The Hall–Kier alpha value is -2.98. The van der Waals surface area contributed by atoms with Gasteiger partial charge in [-0.15, -0.1) is 16.4 Å². The number of rotatable bonds is 7. The van der Waals surface area contributed by atoms with Gasteiger partial charge in [0.1, 0.15) is 10.8 Å². The van der Waals surface area contributed by atoms with Crippen LogP contribution in [-0.2, 0) is 17.8 Å². The van der Waals surface area contributed by atoms with Gasteiger partial charge in [-0.3, -0.25) is 4.79 Å². The van der Waals surface area contributed by atoms with E-state index in [1.54, 1.807) is 18.4 Å². The van der Waals surface area contributed by atoms with Crippen molar-refractivity contribution in [3.63, 3.8) is 0 Å². The van der Waals surface area contributed by atoms with E-state index in [0.717, 1.165) is 28.1 Å². The molecule has 0 spiro atoms. The lowest BCUT2D eigenvalue weighted by atomic mass is 10.2. The summed E-state index contributed by atoms with van der Waals surface area (Å²) in [6, 6.07) is 8.23. The molecule has 2 aromatic heterocycles. The van der Waals surface area contributed by atoms with Gasteiger partial charge in [-0.05, 0) is 12.1 Å². The first-order valence-electron chi connectivity index (χ1n) is 8.06. The highest BCUT2D eigenvalue weighted by Gasteiger charge is 2.08. The standard InChI is InChI=1S/C15H17N5O2S.C2H4O2/c1-21-11-4-2-3-10(7-11)14-17-8-12(23-14)9-18-15-20-19-13(22-15)5-6-16;1-2(3)4/h2-4,7-8H,5-6,9,16H2,1H3,(H,18,20);1H3,(H,3,4). The van der Waals surface area contributed by atoms with Crippen molar-refractivity contribution in [1.29, 1.82) is 0 Å². The Morgan fingerprint density at radius 3 is 2.89 bits per heavy atom. The molecule has 0 fully saturated rings. The number of nitrogens with two attached hydrogens (primary N) is 1. The summed E-state index contributed by atoms with van der Waals surface area (Å²) in [4.78, 5) is 14.5. The fourth-order valence-electron chi connectivity index (χ4n) is 1.99.